The van der Waals surface area contributed by atoms with E-state index in [0.717, 1.165) is 25.2 Å². The van der Waals surface area contributed by atoms with Crippen LogP contribution in [0.5, 0.6) is 11.5 Å². The average Bonchev–Trinajstić information content (AvgIpc) is 3.16. The van der Waals surface area contributed by atoms with E-state index in [1.165, 1.54) is 0 Å². The van der Waals surface area contributed by atoms with E-state index in [2.05, 4.69) is 10.2 Å². The van der Waals surface area contributed by atoms with Crippen molar-refractivity contribution in [2.45, 2.75) is 46.6 Å². The third-order valence-electron chi connectivity index (χ3n) is 5.62. The second kappa shape index (κ2) is 10.7. The highest BCUT2D eigenvalue weighted by molar-refractivity contribution is 5.99. The standard InChI is InChI=1S/C23H35N3O5/c1-5-30-19-15-18(25-10-12-29-13-11-25)20(31-6-2)14-17(19)24-23(28)22(16(3)4)26-9-7-8-21(26)27/h14-16,22H,5-13H2,1-4H3,(H,24,28). The average molecular weight is 434 g/mol. The van der Waals surface area contributed by atoms with Crippen LogP contribution in [0.2, 0.25) is 0 Å². The number of carbonyl (C=O) groups excluding carboxylic acids is 2. The summed E-state index contributed by atoms with van der Waals surface area (Å²) in [6.45, 7) is 12.2. The maximum atomic E-state index is 13.3. The Morgan fingerprint density at radius 3 is 2.35 bits per heavy atom. The molecule has 0 spiro atoms. The molecule has 0 bridgehead atoms. The van der Waals surface area contributed by atoms with Crippen LogP contribution in [0.15, 0.2) is 12.1 Å². The molecule has 1 atom stereocenters. The molecule has 8 nitrogen and oxygen atoms in total. The smallest absolute Gasteiger partial charge is 0.247 e. The first-order chi connectivity index (χ1) is 15.0. The van der Waals surface area contributed by atoms with E-state index >= 15 is 0 Å². The number of ether oxygens (including phenoxy) is 3. The third-order valence-corrected chi connectivity index (χ3v) is 5.62. The monoisotopic (exact) mass is 433 g/mol. The van der Waals surface area contributed by atoms with Crippen LogP contribution in [0, 0.1) is 5.92 Å². The summed E-state index contributed by atoms with van der Waals surface area (Å²) in [5, 5.41) is 3.02. The van der Waals surface area contributed by atoms with Crippen molar-refractivity contribution in [3.8, 4) is 11.5 Å². The summed E-state index contributed by atoms with van der Waals surface area (Å²) in [6.07, 6.45) is 1.30. The van der Waals surface area contributed by atoms with E-state index in [1.807, 2.05) is 39.8 Å². The van der Waals surface area contributed by atoms with E-state index in [1.54, 1.807) is 4.90 Å². The van der Waals surface area contributed by atoms with Gasteiger partial charge in [-0.1, -0.05) is 13.8 Å². The molecule has 2 amide bonds. The number of hydrogen-bond donors (Lipinski definition) is 1. The van der Waals surface area contributed by atoms with E-state index in [0.29, 0.717) is 56.6 Å². The van der Waals surface area contributed by atoms with Gasteiger partial charge in [0, 0.05) is 38.2 Å². The second-order valence-electron chi connectivity index (χ2n) is 8.15. The van der Waals surface area contributed by atoms with Gasteiger partial charge in [-0.15, -0.1) is 0 Å². The molecule has 1 aromatic rings. The molecular formula is C23H35N3O5. The zero-order valence-electron chi connectivity index (χ0n) is 19.1. The molecule has 31 heavy (non-hydrogen) atoms. The summed E-state index contributed by atoms with van der Waals surface area (Å²) >= 11 is 0. The topological polar surface area (TPSA) is 80.3 Å². The SMILES string of the molecule is CCOc1cc(N2CCOCC2)c(OCC)cc1NC(=O)C(C(C)C)N1CCCC1=O. The van der Waals surface area contributed by atoms with E-state index in [-0.39, 0.29) is 17.7 Å². The number of nitrogens with zero attached hydrogens (tertiary/aromatic N) is 2. The third kappa shape index (κ3) is 5.42. The number of morpholine rings is 1. The van der Waals surface area contributed by atoms with Gasteiger partial charge in [-0.2, -0.15) is 0 Å². The van der Waals surface area contributed by atoms with Crippen molar-refractivity contribution in [3.63, 3.8) is 0 Å². The summed E-state index contributed by atoms with van der Waals surface area (Å²) in [5.41, 5.74) is 1.49. The molecule has 1 aromatic carbocycles. The summed E-state index contributed by atoms with van der Waals surface area (Å²) < 4.78 is 17.3. The van der Waals surface area contributed by atoms with Crippen molar-refractivity contribution in [2.75, 3.05) is 56.3 Å². The summed E-state index contributed by atoms with van der Waals surface area (Å²) in [6, 6.07) is 3.25. The molecule has 2 aliphatic rings. The van der Waals surface area contributed by atoms with Crippen LogP contribution in [0.3, 0.4) is 0 Å². The van der Waals surface area contributed by atoms with Crippen molar-refractivity contribution in [3.05, 3.63) is 12.1 Å². The number of nitrogens with one attached hydrogen (secondary N) is 1. The van der Waals surface area contributed by atoms with E-state index < -0.39 is 6.04 Å². The van der Waals surface area contributed by atoms with Gasteiger partial charge in [0.1, 0.15) is 17.5 Å². The van der Waals surface area contributed by atoms with Crippen LogP contribution in [0.25, 0.3) is 0 Å². The molecule has 0 aromatic heterocycles. The Labute approximate surface area is 184 Å². The number of hydrogen-bond acceptors (Lipinski definition) is 6. The first-order valence-electron chi connectivity index (χ1n) is 11.3. The van der Waals surface area contributed by atoms with Gasteiger partial charge >= 0.3 is 0 Å². The van der Waals surface area contributed by atoms with Crippen molar-refractivity contribution in [1.29, 1.82) is 0 Å². The fourth-order valence-corrected chi connectivity index (χ4v) is 4.22. The minimum atomic E-state index is -0.515. The molecule has 2 heterocycles. The Morgan fingerprint density at radius 1 is 1.10 bits per heavy atom. The van der Waals surface area contributed by atoms with Gasteiger partial charge < -0.3 is 29.3 Å². The molecule has 172 valence electrons. The molecular weight excluding hydrogens is 398 g/mol. The Bertz CT molecular complexity index is 777. The minimum absolute atomic E-state index is 0.00317. The van der Waals surface area contributed by atoms with Crippen LogP contribution in [-0.4, -0.2) is 68.8 Å². The zero-order chi connectivity index (χ0) is 22.4. The molecule has 1 N–H and O–H groups in total. The van der Waals surface area contributed by atoms with Gasteiger partial charge in [0.25, 0.3) is 0 Å². The summed E-state index contributed by atoms with van der Waals surface area (Å²) in [7, 11) is 0. The normalized spacial score (nSPS) is 17.8. The maximum absolute atomic E-state index is 13.3. The molecule has 2 aliphatic heterocycles. The highest BCUT2D eigenvalue weighted by Gasteiger charge is 2.35. The van der Waals surface area contributed by atoms with Crippen LogP contribution in [0.1, 0.15) is 40.5 Å². The molecule has 8 heteroatoms. The second-order valence-corrected chi connectivity index (χ2v) is 8.15. The Kier molecular flexibility index (Phi) is 8.01. The first kappa shape index (κ1) is 23.2. The molecule has 0 saturated carbocycles. The first-order valence-corrected chi connectivity index (χ1v) is 11.3. The number of likely N-dealkylation sites (tertiary alicyclic amines) is 1. The van der Waals surface area contributed by atoms with Crippen molar-refractivity contribution in [2.24, 2.45) is 5.92 Å². The lowest BCUT2D eigenvalue weighted by atomic mass is 10.0. The van der Waals surface area contributed by atoms with Crippen LogP contribution in [0.4, 0.5) is 11.4 Å². The number of anilines is 2. The van der Waals surface area contributed by atoms with Gasteiger partial charge in [0.05, 0.1) is 37.8 Å². The molecule has 0 aliphatic carbocycles. The highest BCUT2D eigenvalue weighted by atomic mass is 16.5. The van der Waals surface area contributed by atoms with Crippen LogP contribution in [-0.2, 0) is 14.3 Å². The fraction of sp³-hybridized carbons (Fsp3) is 0.652. The van der Waals surface area contributed by atoms with Crippen molar-refractivity contribution >= 4 is 23.2 Å². The lowest BCUT2D eigenvalue weighted by Crippen LogP contribution is -2.48. The number of amides is 2. The van der Waals surface area contributed by atoms with Gasteiger partial charge in [-0.25, -0.2) is 0 Å². The summed E-state index contributed by atoms with van der Waals surface area (Å²) in [4.78, 5) is 29.5. The number of benzene rings is 1. The minimum Gasteiger partial charge on any atom is -0.492 e. The quantitative estimate of drug-likeness (QED) is 0.645. The van der Waals surface area contributed by atoms with Gasteiger partial charge in [0.15, 0.2) is 0 Å². The van der Waals surface area contributed by atoms with Gasteiger partial charge in [0.2, 0.25) is 11.8 Å². The largest absolute Gasteiger partial charge is 0.492 e. The molecule has 2 fully saturated rings. The van der Waals surface area contributed by atoms with E-state index in [4.69, 9.17) is 14.2 Å². The summed E-state index contributed by atoms with van der Waals surface area (Å²) in [5.74, 6) is 1.12. The number of rotatable bonds is 9. The fourth-order valence-electron chi connectivity index (χ4n) is 4.22. The number of carbonyl (C=O) groups is 2. The Morgan fingerprint density at radius 2 is 1.77 bits per heavy atom. The molecule has 2 saturated heterocycles. The van der Waals surface area contributed by atoms with Crippen molar-refractivity contribution in [1.82, 2.24) is 4.90 Å². The maximum Gasteiger partial charge on any atom is 0.247 e. The lowest BCUT2D eigenvalue weighted by Gasteiger charge is -2.32. The predicted molar refractivity (Wildman–Crippen MR) is 120 cm³/mol. The van der Waals surface area contributed by atoms with Crippen LogP contribution >= 0.6 is 0 Å². The highest BCUT2D eigenvalue weighted by Crippen LogP contribution is 2.39. The van der Waals surface area contributed by atoms with Gasteiger partial charge in [-0.05, 0) is 26.2 Å². The molecule has 3 rings (SSSR count). The van der Waals surface area contributed by atoms with Crippen molar-refractivity contribution < 1.29 is 23.8 Å². The Hall–Kier alpha value is -2.48. The van der Waals surface area contributed by atoms with E-state index in [9.17, 15) is 9.59 Å². The van der Waals surface area contributed by atoms with Gasteiger partial charge in [-0.3, -0.25) is 9.59 Å². The predicted octanol–water partition coefficient (Wildman–Crippen LogP) is 2.91. The zero-order valence-corrected chi connectivity index (χ0v) is 19.1. The molecule has 1 unspecified atom stereocenters. The van der Waals surface area contributed by atoms with Crippen LogP contribution < -0.4 is 19.7 Å². The molecule has 0 radical (unpaired) electrons. The Balaban J connectivity index is 1.91. The lowest BCUT2D eigenvalue weighted by molar-refractivity contribution is -0.136.